The van der Waals surface area contributed by atoms with Crippen molar-refractivity contribution in [1.82, 2.24) is 24.9 Å². The molecule has 6 aliphatic rings. The normalized spacial score (nSPS) is 24.1. The third kappa shape index (κ3) is 20.8. The second-order valence-electron chi connectivity index (χ2n) is 19.1. The van der Waals surface area contributed by atoms with Crippen LogP contribution < -0.4 is 0 Å². The molecule has 5 nitrogen and oxygen atoms in total. The molecule has 2 unspecified atom stereocenters. The summed E-state index contributed by atoms with van der Waals surface area (Å²) in [5.41, 5.74) is -4.07. The summed E-state index contributed by atoms with van der Waals surface area (Å²) in [6.07, 6.45) is 16.8. The molecule has 479 valence electrons. The fourth-order valence-electron chi connectivity index (χ4n) is 8.59. The van der Waals surface area contributed by atoms with E-state index in [4.69, 9.17) is 0 Å². The molecule has 0 N–H and O–H groups in total. The van der Waals surface area contributed by atoms with Gasteiger partial charge in [-0.1, -0.05) is 76.9 Å². The minimum atomic E-state index is -4.82. The minimum Gasteiger partial charge on any atom is -0.351 e. The minimum absolute atomic E-state index is 0. The van der Waals surface area contributed by atoms with Crippen LogP contribution in [0.4, 0.5) is 79.0 Å². The van der Waals surface area contributed by atoms with Gasteiger partial charge in [0.2, 0.25) is 23.7 Å². The van der Waals surface area contributed by atoms with Gasteiger partial charge in [-0.3, -0.25) is 10.5 Å². The van der Waals surface area contributed by atoms with E-state index in [1.54, 1.807) is 42.7 Å². The Morgan fingerprint density at radius 3 is 1.37 bits per heavy atom. The van der Waals surface area contributed by atoms with Crippen LogP contribution in [-0.2, 0) is 101 Å². The summed E-state index contributed by atoms with van der Waals surface area (Å²) < 4.78 is 241. The zero-order valence-electron chi connectivity index (χ0n) is 44.1. The Bertz CT molecular complexity index is 3310. The van der Waals surface area contributed by atoms with Crippen molar-refractivity contribution in [3.8, 4) is 0 Å². The fourth-order valence-corrected chi connectivity index (χ4v) is 8.59. The van der Waals surface area contributed by atoms with Crippen LogP contribution in [0, 0.1) is 37.3 Å². The van der Waals surface area contributed by atoms with E-state index in [1.165, 1.54) is 60.9 Å². The predicted molar refractivity (Wildman–Crippen MR) is 266 cm³/mol. The molecule has 28 heteroatoms. The van der Waals surface area contributed by atoms with Gasteiger partial charge in [0, 0.05) is 138 Å². The summed E-state index contributed by atoms with van der Waals surface area (Å²) >= 11 is 0. The average Bonchev–Trinajstić information content (AvgIpc) is 1.63. The standard InChI is InChI=1S/C13H8F4N.C13H12F2N.C12H6F6N.C11H8F4N.C10H8F2N.5Ir/c14-12(15)6-2-3-7-13(16,17)10(9-12)11-5-1-4-8-18-11;1-9-2-5-16-11(6-9)10-7-12(14)3-4-13(10,15)8-12;13-10(14)4-5-11(15,16)12(17,18)8(7-10)9-3-1-2-6-19-9;12-10(13)5-4-8(11(14,15)7-10)9-3-1-2-6-16-9;11-10(12)5-4-8(7-10)9-3-1-2-6-13-9;;;;;/h1-8H;2,5-6H,3-4,8H2,1H3;1-6H;1-3,6H,5,7H2;1-3,6H,4-5H2;;;;;/q5*-1;;;;;/b6-2-,7-3-;;;;;;;;;. The zero-order chi connectivity index (χ0) is 60.0. The second-order valence-corrected chi connectivity index (χ2v) is 19.1. The van der Waals surface area contributed by atoms with Crippen molar-refractivity contribution < 1.29 is 180 Å². The maximum atomic E-state index is 14.4. The van der Waals surface area contributed by atoms with Crippen LogP contribution in [0.5, 0.6) is 0 Å². The topological polar surface area (TPSA) is 64.5 Å². The van der Waals surface area contributed by atoms with Gasteiger partial charge in [0.15, 0.2) is 5.92 Å². The molecule has 5 radical (unpaired) electrons. The Balaban J connectivity index is 0.000000367. The van der Waals surface area contributed by atoms with Crippen LogP contribution in [0.3, 0.4) is 0 Å². The summed E-state index contributed by atoms with van der Waals surface area (Å²) in [4.78, 5) is 18.9. The Morgan fingerprint density at radius 2 is 0.908 bits per heavy atom. The molecule has 0 aliphatic heterocycles. The molecule has 2 atom stereocenters. The number of fused-ring (bicyclic) bond motifs is 2. The molecule has 2 bridgehead atoms. The molecule has 5 aromatic heterocycles. The maximum Gasteiger partial charge on any atom is 0.330 e. The van der Waals surface area contributed by atoms with Gasteiger partial charge in [0.1, 0.15) is 5.67 Å². The molecular formula is C59H42F18Ir5N5-5. The van der Waals surface area contributed by atoms with E-state index in [-0.39, 0.29) is 144 Å². The number of hydrogen-bond donors (Lipinski definition) is 0. The fraction of sp³-hybridized carbons (Fsp3) is 0.305. The molecule has 0 spiro atoms. The summed E-state index contributed by atoms with van der Waals surface area (Å²) in [6.45, 7) is 1.91. The van der Waals surface area contributed by atoms with E-state index in [0.29, 0.717) is 41.1 Å². The number of hydrogen-bond acceptors (Lipinski definition) is 5. The Kier molecular flexibility index (Phi) is 28.2. The molecule has 0 aromatic carbocycles. The zero-order valence-corrected chi connectivity index (χ0v) is 56.1. The van der Waals surface area contributed by atoms with E-state index in [0.717, 1.165) is 36.1 Å². The largest absolute Gasteiger partial charge is 0.351 e. The Labute approximate surface area is 555 Å². The van der Waals surface area contributed by atoms with Gasteiger partial charge in [0.25, 0.3) is 5.92 Å². The number of aromatic nitrogens is 5. The number of nitrogens with zero attached hydrogens (tertiary/aromatic N) is 5. The van der Waals surface area contributed by atoms with Crippen molar-refractivity contribution in [2.75, 3.05) is 0 Å². The van der Waals surface area contributed by atoms with E-state index >= 15 is 0 Å². The molecule has 0 saturated heterocycles. The average molecular weight is 2120 g/mol. The van der Waals surface area contributed by atoms with Gasteiger partial charge in [-0.25, -0.2) is 54.4 Å². The third-order valence-corrected chi connectivity index (χ3v) is 12.5. The number of aryl methyl sites for hydroxylation is 1. The van der Waals surface area contributed by atoms with Gasteiger partial charge in [-0.2, -0.15) is 55.7 Å². The van der Waals surface area contributed by atoms with Crippen LogP contribution in [0.2, 0.25) is 0 Å². The Hall–Kier alpha value is -4.34. The van der Waals surface area contributed by atoms with Gasteiger partial charge in [0.05, 0.1) is 12.1 Å². The van der Waals surface area contributed by atoms with E-state index in [9.17, 15) is 79.0 Å². The first-order valence-electron chi connectivity index (χ1n) is 24.4. The number of alkyl halides is 18. The van der Waals surface area contributed by atoms with Crippen LogP contribution in [0.15, 0.2) is 152 Å². The molecule has 1 fully saturated rings. The van der Waals surface area contributed by atoms with Crippen molar-refractivity contribution >= 4 is 27.9 Å². The van der Waals surface area contributed by atoms with Gasteiger partial charge in [-0.05, 0) is 87.2 Å². The molecule has 87 heavy (non-hydrogen) atoms. The summed E-state index contributed by atoms with van der Waals surface area (Å²) in [6, 6.07) is 21.1. The number of pyridine rings is 5. The predicted octanol–water partition coefficient (Wildman–Crippen LogP) is 16.6. The van der Waals surface area contributed by atoms with E-state index in [2.05, 4.69) is 43.1 Å². The van der Waals surface area contributed by atoms with Crippen molar-refractivity contribution in [1.29, 1.82) is 0 Å². The molecular weight excluding hydrogens is 2080 g/mol. The first kappa shape index (κ1) is 78.8. The van der Waals surface area contributed by atoms with Crippen molar-refractivity contribution in [2.24, 2.45) is 0 Å². The third-order valence-electron chi connectivity index (χ3n) is 12.5. The first-order chi connectivity index (χ1) is 38.2. The number of halogens is 18. The van der Waals surface area contributed by atoms with Crippen LogP contribution in [0.25, 0.3) is 27.9 Å². The molecule has 11 rings (SSSR count). The van der Waals surface area contributed by atoms with E-state index < -0.39 is 100 Å². The SMILES string of the molecule is Cc1ccnc(C2=[C-]C3(F)CCC2(F)C3)c1.FC1(F)C[C-]=C(c2ccccn2)C(F)(F)C1.FC1(F)[C-]=C(c2ccccn2)C(F)(F)/C=C\C=C/1.FC1(F)[C-]=C(c2ccccn2)C(F)(F)C(F)(F)C=C1.FC1(F)[C-]=C(c2ccccn2)CC1.[Ir].[Ir].[Ir].[Ir].[Ir]. The van der Waals surface area contributed by atoms with Crippen LogP contribution >= 0.6 is 0 Å². The first-order valence-corrected chi connectivity index (χ1v) is 24.4. The molecule has 5 aromatic rings. The van der Waals surface area contributed by atoms with Crippen LogP contribution in [-0.4, -0.2) is 83.6 Å². The van der Waals surface area contributed by atoms with E-state index in [1.807, 2.05) is 13.0 Å². The summed E-state index contributed by atoms with van der Waals surface area (Å²) in [5, 5.41) is 0. The van der Waals surface area contributed by atoms with Crippen molar-refractivity contribution in [3.63, 3.8) is 0 Å². The molecule has 1 saturated carbocycles. The Morgan fingerprint density at radius 1 is 0.425 bits per heavy atom. The smallest absolute Gasteiger partial charge is 0.330 e. The van der Waals surface area contributed by atoms with Gasteiger partial charge < -0.3 is 24.9 Å². The van der Waals surface area contributed by atoms with Crippen molar-refractivity contribution in [2.45, 2.75) is 111 Å². The summed E-state index contributed by atoms with van der Waals surface area (Å²) in [7, 11) is 0. The molecule has 5 heterocycles. The van der Waals surface area contributed by atoms with Gasteiger partial charge >= 0.3 is 11.8 Å². The van der Waals surface area contributed by atoms with Crippen molar-refractivity contribution in [3.05, 3.63) is 217 Å². The quantitative estimate of drug-likeness (QED) is 0.0997. The van der Waals surface area contributed by atoms with Crippen LogP contribution in [0.1, 0.15) is 79.0 Å². The second kappa shape index (κ2) is 31.1. The monoisotopic (exact) mass is 2130 g/mol. The number of rotatable bonds is 5. The number of allylic oxidation sites excluding steroid dienone is 16. The molecule has 0 amide bonds. The summed E-state index contributed by atoms with van der Waals surface area (Å²) in [5.74, 6) is -30.4. The van der Waals surface area contributed by atoms with Gasteiger partial charge in [-0.15, -0.1) is 47.1 Å². The maximum absolute atomic E-state index is 14.4. The molecule has 6 aliphatic carbocycles.